The van der Waals surface area contributed by atoms with Crippen LogP contribution in [0.1, 0.15) is 22.3 Å². The van der Waals surface area contributed by atoms with Crippen LogP contribution >= 0.6 is 0 Å². The lowest BCUT2D eigenvalue weighted by atomic mass is 10.1. The van der Waals surface area contributed by atoms with E-state index in [4.69, 9.17) is 4.74 Å². The van der Waals surface area contributed by atoms with Crippen LogP contribution in [0.25, 0.3) is 0 Å². The summed E-state index contributed by atoms with van der Waals surface area (Å²) in [7, 11) is 0. The first-order valence-corrected chi connectivity index (χ1v) is 11.2. The van der Waals surface area contributed by atoms with Gasteiger partial charge in [-0.25, -0.2) is 5.43 Å². The van der Waals surface area contributed by atoms with Crippen molar-refractivity contribution in [2.75, 3.05) is 18.5 Å². The third-order valence-electron chi connectivity index (χ3n) is 4.86. The third-order valence-corrected chi connectivity index (χ3v) is 4.86. The Bertz CT molecular complexity index is 1190. The van der Waals surface area contributed by atoms with E-state index in [2.05, 4.69) is 21.2 Å². The number of rotatable bonds is 9. The van der Waals surface area contributed by atoms with Gasteiger partial charge >= 0.3 is 11.8 Å². The molecule has 8 nitrogen and oxygen atoms in total. The summed E-state index contributed by atoms with van der Waals surface area (Å²) in [5.41, 5.74) is 6.73. The van der Waals surface area contributed by atoms with E-state index in [9.17, 15) is 14.4 Å². The van der Waals surface area contributed by atoms with E-state index in [1.165, 1.54) is 6.21 Å². The zero-order valence-corrected chi connectivity index (χ0v) is 19.7. The number of aryl methyl sites for hydroxylation is 2. The fourth-order valence-corrected chi connectivity index (χ4v) is 3.34. The summed E-state index contributed by atoms with van der Waals surface area (Å²) in [5, 5.41) is 9.19. The van der Waals surface area contributed by atoms with Crippen LogP contribution < -0.4 is 20.8 Å². The number of benzene rings is 3. The van der Waals surface area contributed by atoms with Gasteiger partial charge in [-0.3, -0.25) is 14.4 Å². The molecule has 3 N–H and O–H groups in total. The van der Waals surface area contributed by atoms with E-state index in [0.29, 0.717) is 24.3 Å². The van der Waals surface area contributed by atoms with Crippen molar-refractivity contribution in [3.05, 3.63) is 95.1 Å². The summed E-state index contributed by atoms with van der Waals surface area (Å²) >= 11 is 0. The van der Waals surface area contributed by atoms with Crippen LogP contribution in [-0.4, -0.2) is 37.1 Å². The molecule has 0 atom stereocenters. The first-order valence-electron chi connectivity index (χ1n) is 11.2. The smallest absolute Gasteiger partial charge is 0.329 e. The van der Waals surface area contributed by atoms with Crippen molar-refractivity contribution in [1.29, 1.82) is 0 Å². The first kappa shape index (κ1) is 25.2. The van der Waals surface area contributed by atoms with Gasteiger partial charge in [0.2, 0.25) is 0 Å². The number of carbonyl (C=O) groups is 3. The maximum absolute atomic E-state index is 12.2. The lowest BCUT2D eigenvalue weighted by Gasteiger charge is -2.09. The van der Waals surface area contributed by atoms with Crippen molar-refractivity contribution in [2.24, 2.45) is 5.10 Å². The topological polar surface area (TPSA) is 109 Å². The molecule has 3 aromatic carbocycles. The van der Waals surface area contributed by atoms with E-state index < -0.39 is 11.8 Å². The lowest BCUT2D eigenvalue weighted by Crippen LogP contribution is -2.38. The maximum Gasteiger partial charge on any atom is 0.329 e. The molecule has 3 aromatic rings. The predicted octanol–water partition coefficient (Wildman–Crippen LogP) is 3.13. The Morgan fingerprint density at radius 1 is 0.886 bits per heavy atom. The Labute approximate surface area is 204 Å². The molecule has 0 fully saturated rings. The minimum Gasteiger partial charge on any atom is -0.484 e. The van der Waals surface area contributed by atoms with Gasteiger partial charge in [0.25, 0.3) is 5.91 Å². The number of carbonyl (C=O) groups excluding carboxylic acids is 3. The van der Waals surface area contributed by atoms with Gasteiger partial charge in [-0.05, 0) is 66.8 Å². The highest BCUT2D eigenvalue weighted by Gasteiger charge is 2.11. The van der Waals surface area contributed by atoms with E-state index in [1.54, 1.807) is 24.3 Å². The molecular formula is C27H28N4O4. The van der Waals surface area contributed by atoms with Gasteiger partial charge in [0.15, 0.2) is 6.61 Å². The normalized spacial score (nSPS) is 10.6. The molecule has 0 aliphatic rings. The minimum absolute atomic E-state index is 0.159. The highest BCUT2D eigenvalue weighted by atomic mass is 16.5. The van der Waals surface area contributed by atoms with Crippen molar-refractivity contribution >= 4 is 29.6 Å². The summed E-state index contributed by atoms with van der Waals surface area (Å²) in [6.45, 7) is 4.12. The van der Waals surface area contributed by atoms with Crippen molar-refractivity contribution < 1.29 is 19.1 Å². The van der Waals surface area contributed by atoms with Gasteiger partial charge in [0.1, 0.15) is 5.75 Å². The van der Waals surface area contributed by atoms with Crippen LogP contribution in [0.3, 0.4) is 0 Å². The van der Waals surface area contributed by atoms with E-state index in [0.717, 1.165) is 22.4 Å². The highest BCUT2D eigenvalue weighted by molar-refractivity contribution is 6.35. The lowest BCUT2D eigenvalue weighted by molar-refractivity contribution is -0.139. The molecule has 0 aliphatic carbocycles. The van der Waals surface area contributed by atoms with Gasteiger partial charge in [0, 0.05) is 12.2 Å². The van der Waals surface area contributed by atoms with Gasteiger partial charge in [-0.1, -0.05) is 48.5 Å². The third kappa shape index (κ3) is 8.77. The Hall–Kier alpha value is -4.46. The van der Waals surface area contributed by atoms with Crippen LogP contribution in [0.2, 0.25) is 0 Å². The average Bonchev–Trinajstić information content (AvgIpc) is 2.83. The van der Waals surface area contributed by atoms with E-state index in [-0.39, 0.29) is 12.5 Å². The zero-order valence-electron chi connectivity index (χ0n) is 19.7. The summed E-state index contributed by atoms with van der Waals surface area (Å²) < 4.78 is 5.56. The van der Waals surface area contributed by atoms with Gasteiger partial charge in [-0.2, -0.15) is 5.10 Å². The molecule has 0 unspecified atom stereocenters. The summed E-state index contributed by atoms with van der Waals surface area (Å²) in [4.78, 5) is 36.0. The van der Waals surface area contributed by atoms with E-state index in [1.807, 2.05) is 62.4 Å². The van der Waals surface area contributed by atoms with Gasteiger partial charge in [0.05, 0.1) is 6.21 Å². The Morgan fingerprint density at radius 2 is 1.63 bits per heavy atom. The van der Waals surface area contributed by atoms with Gasteiger partial charge < -0.3 is 15.4 Å². The SMILES string of the molecule is Cc1cc(C)cc(NC(=O)COc2cccc(/C=N\NC(=O)C(=O)NCCc3ccccc3)c2)c1. The number of hydrazone groups is 1. The van der Waals surface area contributed by atoms with Crippen LogP contribution in [0.5, 0.6) is 5.75 Å². The molecule has 35 heavy (non-hydrogen) atoms. The largest absolute Gasteiger partial charge is 0.484 e. The summed E-state index contributed by atoms with van der Waals surface area (Å²) in [6.07, 6.45) is 2.01. The highest BCUT2D eigenvalue weighted by Crippen LogP contribution is 2.15. The van der Waals surface area contributed by atoms with Crippen molar-refractivity contribution in [3.8, 4) is 5.75 Å². The molecule has 180 valence electrons. The van der Waals surface area contributed by atoms with E-state index >= 15 is 0 Å². The number of nitrogens with zero attached hydrogens (tertiary/aromatic N) is 1. The number of hydrogen-bond donors (Lipinski definition) is 3. The molecule has 0 radical (unpaired) electrons. The summed E-state index contributed by atoms with van der Waals surface area (Å²) in [5.74, 6) is -1.43. The minimum atomic E-state index is -0.857. The fourth-order valence-electron chi connectivity index (χ4n) is 3.34. The molecule has 3 rings (SSSR count). The predicted molar refractivity (Wildman–Crippen MR) is 135 cm³/mol. The molecule has 0 saturated heterocycles. The van der Waals surface area contributed by atoms with Crippen molar-refractivity contribution in [3.63, 3.8) is 0 Å². The standard InChI is InChI=1S/C27H28N4O4/c1-19-13-20(2)15-23(14-19)30-25(32)18-35-24-10-6-9-22(16-24)17-29-31-27(34)26(33)28-12-11-21-7-4-3-5-8-21/h3-10,13-17H,11-12,18H2,1-2H3,(H,28,33)(H,30,32)(H,31,34)/b29-17-. The summed E-state index contributed by atoms with van der Waals surface area (Å²) in [6, 6.07) is 22.3. The monoisotopic (exact) mass is 472 g/mol. The molecule has 0 heterocycles. The maximum atomic E-state index is 12.2. The molecule has 0 aromatic heterocycles. The number of amides is 3. The average molecular weight is 473 g/mol. The molecule has 0 spiro atoms. The van der Waals surface area contributed by atoms with Crippen LogP contribution in [-0.2, 0) is 20.8 Å². The number of anilines is 1. The Kier molecular flexibility index (Phi) is 9.13. The quantitative estimate of drug-likeness (QED) is 0.253. The number of ether oxygens (including phenoxy) is 1. The second-order valence-electron chi connectivity index (χ2n) is 7.98. The van der Waals surface area contributed by atoms with Gasteiger partial charge in [-0.15, -0.1) is 0 Å². The first-order chi connectivity index (χ1) is 16.9. The molecule has 0 aliphatic heterocycles. The Morgan fingerprint density at radius 3 is 2.37 bits per heavy atom. The second-order valence-corrected chi connectivity index (χ2v) is 7.98. The van der Waals surface area contributed by atoms with Crippen LogP contribution in [0.4, 0.5) is 5.69 Å². The van der Waals surface area contributed by atoms with Crippen LogP contribution in [0, 0.1) is 13.8 Å². The second kappa shape index (κ2) is 12.7. The van der Waals surface area contributed by atoms with Crippen molar-refractivity contribution in [1.82, 2.24) is 10.7 Å². The molecule has 0 saturated carbocycles. The number of nitrogens with one attached hydrogen (secondary N) is 3. The molecule has 3 amide bonds. The van der Waals surface area contributed by atoms with Crippen molar-refractivity contribution in [2.45, 2.75) is 20.3 Å². The zero-order chi connectivity index (χ0) is 25.0. The molecular weight excluding hydrogens is 444 g/mol. The number of hydrogen-bond acceptors (Lipinski definition) is 5. The Balaban J connectivity index is 1.42. The van der Waals surface area contributed by atoms with Crippen LogP contribution in [0.15, 0.2) is 77.9 Å². The molecule has 8 heteroatoms. The fraction of sp³-hybridized carbons (Fsp3) is 0.185. The molecule has 0 bridgehead atoms.